The van der Waals surface area contributed by atoms with Crippen LogP contribution in [-0.4, -0.2) is 0 Å². The van der Waals surface area contributed by atoms with Gasteiger partial charge in [0.2, 0.25) is 0 Å². The summed E-state index contributed by atoms with van der Waals surface area (Å²) in [5.74, 6) is 0.521. The van der Waals surface area contributed by atoms with Crippen molar-refractivity contribution in [2.45, 2.75) is 53.4 Å². The van der Waals surface area contributed by atoms with Gasteiger partial charge in [0, 0.05) is 0 Å². The molecule has 0 saturated carbocycles. The maximum atomic E-state index is 4.24. The van der Waals surface area contributed by atoms with E-state index in [1.54, 1.807) is 0 Å². The Morgan fingerprint density at radius 1 is 1.20 bits per heavy atom. The highest BCUT2D eigenvalue weighted by atomic mass is 14.3. The van der Waals surface area contributed by atoms with Gasteiger partial charge in [0.05, 0.1) is 0 Å². The number of hydrogen-bond acceptors (Lipinski definition) is 0. The van der Waals surface area contributed by atoms with Gasteiger partial charge in [-0.3, -0.25) is 0 Å². The van der Waals surface area contributed by atoms with Crippen molar-refractivity contribution in [2.24, 2.45) is 11.3 Å². The van der Waals surface area contributed by atoms with E-state index in [0.717, 1.165) is 25.7 Å². The molecule has 0 aliphatic carbocycles. The minimum atomic E-state index is 0.226. The average Bonchev–Trinajstić information content (AvgIpc) is 2.30. The van der Waals surface area contributed by atoms with Crippen LogP contribution in [0.4, 0.5) is 0 Å². The molecule has 1 atom stereocenters. The zero-order valence-corrected chi connectivity index (χ0v) is 11.0. The molecule has 0 heteroatoms. The van der Waals surface area contributed by atoms with Gasteiger partial charge in [-0.25, -0.2) is 0 Å². The van der Waals surface area contributed by atoms with Crippen molar-refractivity contribution in [1.29, 1.82) is 0 Å². The molecular weight excluding hydrogens is 180 g/mol. The fraction of sp³-hybridized carbons (Fsp3) is 0.667. The van der Waals surface area contributed by atoms with E-state index >= 15 is 0 Å². The van der Waals surface area contributed by atoms with E-state index in [1.807, 2.05) is 0 Å². The van der Waals surface area contributed by atoms with Gasteiger partial charge in [-0.1, -0.05) is 45.9 Å². The van der Waals surface area contributed by atoms with Gasteiger partial charge in [-0.2, -0.15) is 0 Å². The van der Waals surface area contributed by atoms with E-state index < -0.39 is 0 Å². The molecule has 0 heterocycles. The second-order valence-corrected chi connectivity index (χ2v) is 4.29. The molecule has 0 aromatic heterocycles. The van der Waals surface area contributed by atoms with Crippen molar-refractivity contribution in [3.63, 3.8) is 0 Å². The molecule has 0 aromatic rings. The van der Waals surface area contributed by atoms with Gasteiger partial charge in [-0.05, 0) is 43.4 Å². The number of rotatable bonds is 8. The minimum absolute atomic E-state index is 0.226. The lowest BCUT2D eigenvalue weighted by molar-refractivity contribution is 0.348. The number of allylic oxidation sites excluding steroid dienone is 2. The summed E-state index contributed by atoms with van der Waals surface area (Å²) in [4.78, 5) is 0. The SMILES string of the molecule is C=CC([CH]C(CC)(CC)C(=C)CC)CC. The fourth-order valence-electron chi connectivity index (χ4n) is 2.22. The van der Waals surface area contributed by atoms with Crippen LogP contribution in [-0.2, 0) is 0 Å². The van der Waals surface area contributed by atoms with Crippen LogP contribution in [0.2, 0.25) is 0 Å². The molecule has 0 rings (SSSR count). The Balaban J connectivity index is 4.77. The highest BCUT2D eigenvalue weighted by molar-refractivity contribution is 5.18. The van der Waals surface area contributed by atoms with Crippen LogP contribution in [0.15, 0.2) is 24.8 Å². The summed E-state index contributed by atoms with van der Waals surface area (Å²) in [7, 11) is 0. The van der Waals surface area contributed by atoms with Crippen LogP contribution >= 0.6 is 0 Å². The fourth-order valence-corrected chi connectivity index (χ4v) is 2.22. The second kappa shape index (κ2) is 6.87. The first kappa shape index (κ1) is 14.5. The Kier molecular flexibility index (Phi) is 6.63. The maximum absolute atomic E-state index is 4.24. The molecule has 0 aliphatic rings. The molecular formula is C15H27. The normalized spacial score (nSPS) is 13.6. The van der Waals surface area contributed by atoms with E-state index in [-0.39, 0.29) is 5.41 Å². The van der Waals surface area contributed by atoms with E-state index in [1.165, 1.54) is 5.57 Å². The summed E-state index contributed by atoms with van der Waals surface area (Å²) in [6.45, 7) is 17.1. The second-order valence-electron chi connectivity index (χ2n) is 4.29. The number of hydrogen-bond donors (Lipinski definition) is 0. The predicted octanol–water partition coefficient (Wildman–Crippen LogP) is 5.18. The molecule has 1 unspecified atom stereocenters. The van der Waals surface area contributed by atoms with Crippen molar-refractivity contribution in [2.75, 3.05) is 0 Å². The zero-order valence-electron chi connectivity index (χ0n) is 11.0. The molecule has 0 aromatic carbocycles. The monoisotopic (exact) mass is 207 g/mol. The topological polar surface area (TPSA) is 0 Å². The molecule has 15 heavy (non-hydrogen) atoms. The summed E-state index contributed by atoms with van der Waals surface area (Å²) in [6.07, 6.45) is 9.05. The van der Waals surface area contributed by atoms with Crippen LogP contribution in [0.25, 0.3) is 0 Å². The van der Waals surface area contributed by atoms with E-state index in [2.05, 4.69) is 53.3 Å². The third-order valence-electron chi connectivity index (χ3n) is 3.70. The molecule has 0 bridgehead atoms. The first-order valence-corrected chi connectivity index (χ1v) is 6.26. The Labute approximate surface area is 96.5 Å². The first-order valence-electron chi connectivity index (χ1n) is 6.26. The van der Waals surface area contributed by atoms with E-state index in [0.29, 0.717) is 5.92 Å². The van der Waals surface area contributed by atoms with E-state index in [9.17, 15) is 0 Å². The molecule has 0 spiro atoms. The van der Waals surface area contributed by atoms with Crippen LogP contribution in [0, 0.1) is 17.8 Å². The third-order valence-corrected chi connectivity index (χ3v) is 3.70. The Bertz CT molecular complexity index is 196. The third kappa shape index (κ3) is 3.52. The molecule has 0 aliphatic heterocycles. The Hall–Kier alpha value is -0.520. The molecule has 0 amide bonds. The molecule has 87 valence electrons. The van der Waals surface area contributed by atoms with Gasteiger partial charge < -0.3 is 0 Å². The Morgan fingerprint density at radius 3 is 2.00 bits per heavy atom. The average molecular weight is 207 g/mol. The summed E-state index contributed by atoms with van der Waals surface area (Å²) < 4.78 is 0. The highest BCUT2D eigenvalue weighted by Crippen LogP contribution is 2.41. The summed E-state index contributed by atoms with van der Waals surface area (Å²) >= 11 is 0. The van der Waals surface area contributed by atoms with Crippen molar-refractivity contribution < 1.29 is 0 Å². The van der Waals surface area contributed by atoms with Gasteiger partial charge in [0.15, 0.2) is 0 Å². The molecule has 0 fully saturated rings. The van der Waals surface area contributed by atoms with Crippen molar-refractivity contribution in [3.05, 3.63) is 31.2 Å². The predicted molar refractivity (Wildman–Crippen MR) is 70.7 cm³/mol. The minimum Gasteiger partial charge on any atom is -0.103 e. The first-order chi connectivity index (χ1) is 7.10. The standard InChI is InChI=1S/C15H27/c1-7-13(6)15(10-4,11-5)12-14(8-2)9-3/h8,12,14H,2,6-7,9-11H2,1,3-5H3. The van der Waals surface area contributed by atoms with Gasteiger partial charge in [-0.15, -0.1) is 6.58 Å². The van der Waals surface area contributed by atoms with Crippen LogP contribution < -0.4 is 0 Å². The van der Waals surface area contributed by atoms with Crippen LogP contribution in [0.5, 0.6) is 0 Å². The van der Waals surface area contributed by atoms with Crippen LogP contribution in [0.3, 0.4) is 0 Å². The lowest BCUT2D eigenvalue weighted by Crippen LogP contribution is -2.25. The van der Waals surface area contributed by atoms with E-state index in [4.69, 9.17) is 0 Å². The summed E-state index contributed by atoms with van der Waals surface area (Å²) in [6, 6.07) is 0. The quantitative estimate of drug-likeness (QED) is 0.481. The molecule has 0 N–H and O–H groups in total. The lowest BCUT2D eigenvalue weighted by atomic mass is 9.69. The highest BCUT2D eigenvalue weighted by Gasteiger charge is 2.30. The van der Waals surface area contributed by atoms with Crippen molar-refractivity contribution >= 4 is 0 Å². The lowest BCUT2D eigenvalue weighted by Gasteiger charge is -2.36. The van der Waals surface area contributed by atoms with Crippen LogP contribution in [0.1, 0.15) is 53.4 Å². The largest absolute Gasteiger partial charge is 0.103 e. The molecule has 0 nitrogen and oxygen atoms in total. The van der Waals surface area contributed by atoms with Gasteiger partial charge in [0.25, 0.3) is 0 Å². The summed E-state index contributed by atoms with van der Waals surface area (Å²) in [5.41, 5.74) is 1.59. The Morgan fingerprint density at radius 2 is 1.73 bits per heavy atom. The zero-order chi connectivity index (χ0) is 11.9. The smallest absolute Gasteiger partial charge is 0.00591 e. The van der Waals surface area contributed by atoms with Gasteiger partial charge >= 0.3 is 0 Å². The summed E-state index contributed by atoms with van der Waals surface area (Å²) in [5, 5.41) is 0. The molecule has 1 radical (unpaired) electrons. The molecule has 0 saturated heterocycles. The van der Waals surface area contributed by atoms with Gasteiger partial charge in [0.1, 0.15) is 0 Å². The van der Waals surface area contributed by atoms with Crippen molar-refractivity contribution in [3.8, 4) is 0 Å². The van der Waals surface area contributed by atoms with Crippen molar-refractivity contribution in [1.82, 2.24) is 0 Å². The maximum Gasteiger partial charge on any atom is -0.00591 e.